The fourth-order valence-corrected chi connectivity index (χ4v) is 3.15. The first-order valence-corrected chi connectivity index (χ1v) is 6.71. The van der Waals surface area contributed by atoms with Crippen LogP contribution in [0.4, 0.5) is 13.2 Å². The Labute approximate surface area is 111 Å². The quantitative estimate of drug-likeness (QED) is 0.930. The monoisotopic (exact) mass is 294 g/mol. The van der Waals surface area contributed by atoms with Crippen LogP contribution in [-0.4, -0.2) is 40.6 Å². The number of halogens is 3. The molecule has 0 amide bonds. The van der Waals surface area contributed by atoms with Crippen LogP contribution in [0.2, 0.25) is 0 Å². The van der Waals surface area contributed by atoms with Crippen molar-refractivity contribution in [2.45, 2.75) is 24.9 Å². The third-order valence-corrected chi connectivity index (χ3v) is 4.03. The molecule has 2 heterocycles. The topological polar surface area (TPSA) is 53.4 Å². The van der Waals surface area contributed by atoms with Gasteiger partial charge in [0, 0.05) is 17.8 Å². The van der Waals surface area contributed by atoms with E-state index in [4.69, 9.17) is 5.11 Å². The van der Waals surface area contributed by atoms with E-state index in [-0.39, 0.29) is 12.5 Å². The highest BCUT2D eigenvalue weighted by Gasteiger charge is 2.35. The number of aromatic nitrogens is 1. The first kappa shape index (κ1) is 14.3. The van der Waals surface area contributed by atoms with E-state index in [1.54, 1.807) is 4.90 Å². The molecule has 1 atom stereocenters. The number of carbonyl (C=O) groups is 1. The summed E-state index contributed by atoms with van der Waals surface area (Å²) in [4.78, 5) is 16.0. The van der Waals surface area contributed by atoms with E-state index in [2.05, 4.69) is 4.98 Å². The minimum atomic E-state index is -4.41. The van der Waals surface area contributed by atoms with Gasteiger partial charge in [0.2, 0.25) is 0 Å². The van der Waals surface area contributed by atoms with Crippen LogP contribution >= 0.6 is 11.3 Å². The number of hydrogen-bond acceptors (Lipinski definition) is 4. The molecule has 0 aromatic carbocycles. The number of carboxylic acids is 1. The summed E-state index contributed by atoms with van der Waals surface area (Å²) < 4.78 is 37.4. The molecule has 0 bridgehead atoms. The molecule has 0 saturated carbocycles. The summed E-state index contributed by atoms with van der Waals surface area (Å²) in [6.45, 7) is 1.05. The minimum Gasteiger partial charge on any atom is -0.480 e. The normalized spacial score (nSPS) is 21.5. The standard InChI is InChI=1S/C11H13F3N2O2S/c12-11(13,14)8-6-19-10(15-8)7-2-1-3-16(4-7)5-9(17)18/h6-7H,1-5H2,(H,17,18). The first-order valence-electron chi connectivity index (χ1n) is 5.83. The molecule has 1 N–H and O–H groups in total. The second-order valence-corrected chi connectivity index (χ2v) is 5.43. The number of piperidine rings is 1. The van der Waals surface area contributed by atoms with Crippen molar-refractivity contribution in [2.24, 2.45) is 0 Å². The van der Waals surface area contributed by atoms with Gasteiger partial charge in [-0.25, -0.2) is 4.98 Å². The molecule has 0 spiro atoms. The van der Waals surface area contributed by atoms with E-state index in [0.717, 1.165) is 29.6 Å². The Bertz CT molecular complexity index is 461. The molecular weight excluding hydrogens is 281 g/mol. The second kappa shape index (κ2) is 5.46. The average Bonchev–Trinajstić information content (AvgIpc) is 2.77. The number of nitrogens with zero attached hydrogens (tertiary/aromatic N) is 2. The zero-order valence-electron chi connectivity index (χ0n) is 9.98. The average molecular weight is 294 g/mol. The molecule has 1 aromatic heterocycles. The number of likely N-dealkylation sites (tertiary alicyclic amines) is 1. The van der Waals surface area contributed by atoms with Crippen LogP contribution in [0.15, 0.2) is 5.38 Å². The zero-order chi connectivity index (χ0) is 14.0. The predicted molar refractivity (Wildman–Crippen MR) is 63.2 cm³/mol. The van der Waals surface area contributed by atoms with E-state index in [0.29, 0.717) is 18.1 Å². The molecule has 1 aliphatic heterocycles. The lowest BCUT2D eigenvalue weighted by atomic mass is 9.99. The fourth-order valence-electron chi connectivity index (χ4n) is 2.20. The Kier molecular flexibility index (Phi) is 4.10. The lowest BCUT2D eigenvalue weighted by molar-refractivity contribution is -0.141. The zero-order valence-corrected chi connectivity index (χ0v) is 10.8. The van der Waals surface area contributed by atoms with E-state index < -0.39 is 17.8 Å². The van der Waals surface area contributed by atoms with Gasteiger partial charge in [0.25, 0.3) is 0 Å². The lowest BCUT2D eigenvalue weighted by Gasteiger charge is -2.30. The molecule has 0 radical (unpaired) electrons. The van der Waals surface area contributed by atoms with Crippen molar-refractivity contribution >= 4 is 17.3 Å². The number of carboxylic acid groups (broad SMARTS) is 1. The number of thiazole rings is 1. The Morgan fingerprint density at radius 2 is 2.32 bits per heavy atom. The number of rotatable bonds is 3. The van der Waals surface area contributed by atoms with Gasteiger partial charge in [-0.3, -0.25) is 9.69 Å². The van der Waals surface area contributed by atoms with E-state index in [1.807, 2.05) is 0 Å². The molecule has 1 aliphatic rings. The molecule has 4 nitrogen and oxygen atoms in total. The summed E-state index contributed by atoms with van der Waals surface area (Å²) in [5.41, 5.74) is -0.858. The van der Waals surface area contributed by atoms with Gasteiger partial charge >= 0.3 is 12.1 Å². The van der Waals surface area contributed by atoms with E-state index in [1.165, 1.54) is 0 Å². The summed E-state index contributed by atoms with van der Waals surface area (Å²) >= 11 is 0.999. The van der Waals surface area contributed by atoms with E-state index >= 15 is 0 Å². The van der Waals surface area contributed by atoms with Gasteiger partial charge in [-0.2, -0.15) is 13.2 Å². The number of hydrogen-bond donors (Lipinski definition) is 1. The molecular formula is C11H13F3N2O2S. The highest BCUT2D eigenvalue weighted by Crippen LogP contribution is 2.34. The first-order chi connectivity index (χ1) is 8.86. The fraction of sp³-hybridized carbons (Fsp3) is 0.636. The second-order valence-electron chi connectivity index (χ2n) is 4.54. The highest BCUT2D eigenvalue weighted by molar-refractivity contribution is 7.09. The number of alkyl halides is 3. The minimum absolute atomic E-state index is 0.0754. The molecule has 106 valence electrons. The van der Waals surface area contributed by atoms with Crippen molar-refractivity contribution in [3.05, 3.63) is 16.1 Å². The molecule has 1 aromatic rings. The predicted octanol–water partition coefficient (Wildman–Crippen LogP) is 2.43. The van der Waals surface area contributed by atoms with E-state index in [9.17, 15) is 18.0 Å². The van der Waals surface area contributed by atoms with Crippen molar-refractivity contribution < 1.29 is 23.1 Å². The summed E-state index contributed by atoms with van der Waals surface area (Å²) in [6, 6.07) is 0. The molecule has 8 heteroatoms. The van der Waals surface area contributed by atoms with Crippen molar-refractivity contribution in [3.63, 3.8) is 0 Å². The van der Waals surface area contributed by atoms with Crippen LogP contribution in [0.25, 0.3) is 0 Å². The largest absolute Gasteiger partial charge is 0.480 e. The van der Waals surface area contributed by atoms with Gasteiger partial charge in [0.1, 0.15) is 0 Å². The molecule has 1 unspecified atom stereocenters. The van der Waals surface area contributed by atoms with Gasteiger partial charge in [0.05, 0.1) is 11.6 Å². The number of aliphatic carboxylic acids is 1. The van der Waals surface area contributed by atoms with Crippen LogP contribution < -0.4 is 0 Å². The molecule has 2 rings (SSSR count). The van der Waals surface area contributed by atoms with Gasteiger partial charge in [-0.05, 0) is 19.4 Å². The maximum absolute atomic E-state index is 12.5. The molecule has 19 heavy (non-hydrogen) atoms. The maximum Gasteiger partial charge on any atom is 0.434 e. The Hall–Kier alpha value is -1.15. The third-order valence-electron chi connectivity index (χ3n) is 3.03. The van der Waals surface area contributed by atoms with Crippen LogP contribution in [0.5, 0.6) is 0 Å². The van der Waals surface area contributed by atoms with Crippen LogP contribution in [0.3, 0.4) is 0 Å². The summed E-state index contributed by atoms with van der Waals surface area (Å²) in [5.74, 6) is -1.02. The SMILES string of the molecule is O=C(O)CN1CCCC(c2nc(C(F)(F)F)cs2)C1. The highest BCUT2D eigenvalue weighted by atomic mass is 32.1. The van der Waals surface area contributed by atoms with Crippen molar-refractivity contribution in [3.8, 4) is 0 Å². The van der Waals surface area contributed by atoms with Crippen molar-refractivity contribution in [1.82, 2.24) is 9.88 Å². The van der Waals surface area contributed by atoms with Crippen LogP contribution in [-0.2, 0) is 11.0 Å². The molecule has 1 saturated heterocycles. The summed E-state index contributed by atoms with van der Waals surface area (Å²) in [5, 5.41) is 10.2. The molecule has 0 aliphatic carbocycles. The van der Waals surface area contributed by atoms with Gasteiger partial charge in [0.15, 0.2) is 5.69 Å². The Morgan fingerprint density at radius 1 is 1.58 bits per heavy atom. The third kappa shape index (κ3) is 3.66. The summed E-state index contributed by atoms with van der Waals surface area (Å²) in [7, 11) is 0. The van der Waals surface area contributed by atoms with Crippen LogP contribution in [0, 0.1) is 0 Å². The Balaban J connectivity index is 2.05. The van der Waals surface area contributed by atoms with Crippen molar-refractivity contribution in [1.29, 1.82) is 0 Å². The smallest absolute Gasteiger partial charge is 0.434 e. The summed E-state index contributed by atoms with van der Waals surface area (Å²) in [6.07, 6.45) is -2.88. The maximum atomic E-state index is 12.5. The van der Waals surface area contributed by atoms with Gasteiger partial charge in [-0.15, -0.1) is 11.3 Å². The van der Waals surface area contributed by atoms with Crippen molar-refractivity contribution in [2.75, 3.05) is 19.6 Å². The Morgan fingerprint density at radius 3 is 2.89 bits per heavy atom. The lowest BCUT2D eigenvalue weighted by Crippen LogP contribution is -2.37. The van der Waals surface area contributed by atoms with Gasteiger partial charge in [-0.1, -0.05) is 0 Å². The molecule has 1 fully saturated rings. The van der Waals surface area contributed by atoms with Crippen LogP contribution in [0.1, 0.15) is 29.5 Å². The van der Waals surface area contributed by atoms with Gasteiger partial charge < -0.3 is 5.11 Å².